The highest BCUT2D eigenvalue weighted by molar-refractivity contribution is 5.85. The molecule has 2 saturated heterocycles. The number of rotatable bonds is 6. The zero-order valence-electron chi connectivity index (χ0n) is 12.3. The quantitative estimate of drug-likeness (QED) is 0.772. The number of amides is 1. The minimum absolute atomic E-state index is 0. The molecule has 20 heavy (non-hydrogen) atoms. The molecule has 0 saturated carbocycles. The Morgan fingerprint density at radius 3 is 2.80 bits per heavy atom. The van der Waals surface area contributed by atoms with Crippen molar-refractivity contribution in [2.45, 2.75) is 38.2 Å². The number of ether oxygens (including phenoxy) is 2. The minimum atomic E-state index is 0. The van der Waals surface area contributed by atoms with E-state index >= 15 is 0 Å². The maximum Gasteiger partial charge on any atom is 0.222 e. The van der Waals surface area contributed by atoms with Crippen molar-refractivity contribution in [1.82, 2.24) is 10.6 Å². The molecule has 2 rings (SSSR count). The molecule has 0 radical (unpaired) electrons. The van der Waals surface area contributed by atoms with Crippen LogP contribution in [0, 0.1) is 5.41 Å². The molecule has 0 bridgehead atoms. The number of piperidine rings is 1. The Hall–Kier alpha value is -0.360. The zero-order chi connectivity index (χ0) is 13.6. The van der Waals surface area contributed by atoms with Crippen LogP contribution in [0.25, 0.3) is 0 Å². The van der Waals surface area contributed by atoms with E-state index in [1.54, 1.807) is 7.11 Å². The van der Waals surface area contributed by atoms with E-state index in [9.17, 15) is 4.79 Å². The summed E-state index contributed by atoms with van der Waals surface area (Å²) in [6.07, 6.45) is 4.84. The standard InChI is InChI=1S/C14H26N2O3.ClH/c1-18-11-14(4-6-15-7-5-14)10-16-13(17)9-12-3-2-8-19-12;/h12,15H,2-11H2,1H3,(H,16,17);1H. The second kappa shape index (κ2) is 8.82. The topological polar surface area (TPSA) is 59.6 Å². The van der Waals surface area contributed by atoms with Gasteiger partial charge in [-0.05, 0) is 38.8 Å². The number of hydrogen-bond donors (Lipinski definition) is 2. The van der Waals surface area contributed by atoms with Gasteiger partial charge >= 0.3 is 0 Å². The lowest BCUT2D eigenvalue weighted by molar-refractivity contribution is -0.124. The van der Waals surface area contributed by atoms with Gasteiger partial charge in [-0.25, -0.2) is 0 Å². The molecule has 0 aromatic rings. The third kappa shape index (κ3) is 5.20. The van der Waals surface area contributed by atoms with Crippen LogP contribution in [0.3, 0.4) is 0 Å². The lowest BCUT2D eigenvalue weighted by Crippen LogP contribution is -2.47. The first-order valence-corrected chi connectivity index (χ1v) is 7.32. The summed E-state index contributed by atoms with van der Waals surface area (Å²) < 4.78 is 10.8. The van der Waals surface area contributed by atoms with Crippen molar-refractivity contribution < 1.29 is 14.3 Å². The number of halogens is 1. The molecule has 2 N–H and O–H groups in total. The second-order valence-corrected chi connectivity index (χ2v) is 5.80. The van der Waals surface area contributed by atoms with Gasteiger partial charge in [0.25, 0.3) is 0 Å². The summed E-state index contributed by atoms with van der Waals surface area (Å²) >= 11 is 0. The van der Waals surface area contributed by atoms with E-state index < -0.39 is 0 Å². The Labute approximate surface area is 127 Å². The number of nitrogens with one attached hydrogen (secondary N) is 2. The minimum Gasteiger partial charge on any atom is -0.384 e. The summed E-state index contributed by atoms with van der Waals surface area (Å²) in [5, 5.41) is 6.43. The molecular formula is C14H27ClN2O3. The summed E-state index contributed by atoms with van der Waals surface area (Å²) in [6, 6.07) is 0. The van der Waals surface area contributed by atoms with Gasteiger partial charge in [0, 0.05) is 25.7 Å². The Kier molecular flexibility index (Phi) is 7.80. The number of carbonyl (C=O) groups is 1. The molecule has 0 spiro atoms. The smallest absolute Gasteiger partial charge is 0.222 e. The molecule has 0 aliphatic carbocycles. The third-order valence-electron chi connectivity index (χ3n) is 4.21. The van der Waals surface area contributed by atoms with Crippen LogP contribution in [0.15, 0.2) is 0 Å². The normalized spacial score (nSPS) is 24.9. The summed E-state index contributed by atoms with van der Waals surface area (Å²) in [7, 11) is 1.73. The van der Waals surface area contributed by atoms with Crippen molar-refractivity contribution in [3.8, 4) is 0 Å². The zero-order valence-corrected chi connectivity index (χ0v) is 13.1. The summed E-state index contributed by atoms with van der Waals surface area (Å²) in [6.45, 7) is 4.25. The molecule has 2 heterocycles. The van der Waals surface area contributed by atoms with Gasteiger partial charge in [0.1, 0.15) is 0 Å². The monoisotopic (exact) mass is 306 g/mol. The van der Waals surface area contributed by atoms with E-state index in [0.29, 0.717) is 13.0 Å². The number of methoxy groups -OCH3 is 1. The van der Waals surface area contributed by atoms with Gasteiger partial charge in [-0.2, -0.15) is 0 Å². The molecule has 118 valence electrons. The summed E-state index contributed by atoms with van der Waals surface area (Å²) in [5.74, 6) is 0.112. The van der Waals surface area contributed by atoms with Crippen LogP contribution in [0.1, 0.15) is 32.1 Å². The molecule has 2 aliphatic heterocycles. The molecular weight excluding hydrogens is 280 g/mol. The second-order valence-electron chi connectivity index (χ2n) is 5.80. The molecule has 1 atom stereocenters. The van der Waals surface area contributed by atoms with Gasteiger partial charge in [0.05, 0.1) is 19.1 Å². The first kappa shape index (κ1) is 17.7. The Morgan fingerprint density at radius 2 is 2.20 bits per heavy atom. The number of carbonyl (C=O) groups excluding carboxylic acids is 1. The molecule has 6 heteroatoms. The molecule has 5 nitrogen and oxygen atoms in total. The summed E-state index contributed by atoms with van der Waals surface area (Å²) in [5.41, 5.74) is 0.103. The number of hydrogen-bond acceptors (Lipinski definition) is 4. The van der Waals surface area contributed by atoms with Gasteiger partial charge < -0.3 is 20.1 Å². The maximum absolute atomic E-state index is 11.9. The predicted octanol–water partition coefficient (Wildman–Crippen LogP) is 1.11. The lowest BCUT2D eigenvalue weighted by Gasteiger charge is -2.37. The Bertz CT molecular complexity index is 285. The van der Waals surface area contributed by atoms with Gasteiger partial charge in [-0.15, -0.1) is 12.4 Å². The van der Waals surface area contributed by atoms with E-state index in [0.717, 1.165) is 52.0 Å². The van der Waals surface area contributed by atoms with E-state index in [2.05, 4.69) is 10.6 Å². The molecule has 2 fully saturated rings. The third-order valence-corrected chi connectivity index (χ3v) is 4.21. The van der Waals surface area contributed by atoms with E-state index in [1.807, 2.05) is 0 Å². The fraction of sp³-hybridized carbons (Fsp3) is 0.929. The van der Waals surface area contributed by atoms with E-state index in [-0.39, 0.29) is 29.8 Å². The van der Waals surface area contributed by atoms with Crippen LogP contribution in [0.5, 0.6) is 0 Å². The highest BCUT2D eigenvalue weighted by Gasteiger charge is 2.32. The van der Waals surface area contributed by atoms with E-state index in [4.69, 9.17) is 9.47 Å². The Morgan fingerprint density at radius 1 is 1.45 bits per heavy atom. The average Bonchev–Trinajstić information content (AvgIpc) is 2.91. The van der Waals surface area contributed by atoms with Crippen LogP contribution in [0.2, 0.25) is 0 Å². The first-order valence-electron chi connectivity index (χ1n) is 7.32. The summed E-state index contributed by atoms with van der Waals surface area (Å²) in [4.78, 5) is 11.9. The van der Waals surface area contributed by atoms with Crippen LogP contribution in [-0.2, 0) is 14.3 Å². The highest BCUT2D eigenvalue weighted by atomic mass is 35.5. The van der Waals surface area contributed by atoms with Crippen LogP contribution in [-0.4, -0.2) is 52.0 Å². The fourth-order valence-electron chi connectivity index (χ4n) is 3.01. The van der Waals surface area contributed by atoms with Crippen LogP contribution >= 0.6 is 12.4 Å². The first-order chi connectivity index (χ1) is 9.24. The van der Waals surface area contributed by atoms with Gasteiger partial charge in [-0.3, -0.25) is 4.79 Å². The SMILES string of the molecule is COCC1(CNC(=O)CC2CCCO2)CCNCC1.Cl. The highest BCUT2D eigenvalue weighted by Crippen LogP contribution is 2.28. The van der Waals surface area contributed by atoms with Crippen molar-refractivity contribution >= 4 is 18.3 Å². The predicted molar refractivity (Wildman–Crippen MR) is 80.3 cm³/mol. The van der Waals surface area contributed by atoms with Crippen molar-refractivity contribution in [2.75, 3.05) is 40.0 Å². The molecule has 1 unspecified atom stereocenters. The van der Waals surface area contributed by atoms with Crippen molar-refractivity contribution in [1.29, 1.82) is 0 Å². The molecule has 1 amide bonds. The van der Waals surface area contributed by atoms with Gasteiger partial charge in [0.15, 0.2) is 0 Å². The lowest BCUT2D eigenvalue weighted by atomic mass is 9.79. The van der Waals surface area contributed by atoms with Crippen molar-refractivity contribution in [2.24, 2.45) is 5.41 Å². The fourth-order valence-corrected chi connectivity index (χ4v) is 3.01. The van der Waals surface area contributed by atoms with Crippen molar-refractivity contribution in [3.63, 3.8) is 0 Å². The van der Waals surface area contributed by atoms with Crippen LogP contribution < -0.4 is 10.6 Å². The molecule has 2 aliphatic rings. The van der Waals surface area contributed by atoms with E-state index in [1.165, 1.54) is 0 Å². The van der Waals surface area contributed by atoms with Gasteiger partial charge in [0.2, 0.25) is 5.91 Å². The van der Waals surface area contributed by atoms with Crippen LogP contribution in [0.4, 0.5) is 0 Å². The maximum atomic E-state index is 11.9. The molecule has 0 aromatic heterocycles. The largest absolute Gasteiger partial charge is 0.384 e. The van der Waals surface area contributed by atoms with Crippen molar-refractivity contribution in [3.05, 3.63) is 0 Å². The average molecular weight is 307 g/mol. The molecule has 0 aromatic carbocycles. The van der Waals surface area contributed by atoms with Gasteiger partial charge in [-0.1, -0.05) is 0 Å². The Balaban J connectivity index is 0.00000200.